The van der Waals surface area contributed by atoms with E-state index in [1.807, 2.05) is 0 Å². The molecule has 1 aliphatic heterocycles. The van der Waals surface area contributed by atoms with Crippen LogP contribution in [0.1, 0.15) is 24.1 Å². The molecule has 0 saturated carbocycles. The molecule has 1 unspecified atom stereocenters. The van der Waals surface area contributed by atoms with Gasteiger partial charge in [0.05, 0.1) is 5.25 Å². The van der Waals surface area contributed by atoms with Crippen molar-refractivity contribution < 1.29 is 13.2 Å². The summed E-state index contributed by atoms with van der Waals surface area (Å²) >= 11 is 2.88. The minimum absolute atomic E-state index is 0.0760. The SMILES string of the molecule is NS(=O)(=O)c1ccc(CCNC(=O)C2CCCCS2)s1. The van der Waals surface area contributed by atoms with Gasteiger partial charge in [0.1, 0.15) is 4.21 Å². The van der Waals surface area contributed by atoms with Crippen molar-refractivity contribution >= 4 is 39.0 Å². The van der Waals surface area contributed by atoms with Gasteiger partial charge in [-0.05, 0) is 37.1 Å². The van der Waals surface area contributed by atoms with E-state index in [9.17, 15) is 13.2 Å². The molecule has 2 rings (SSSR count). The fourth-order valence-corrected chi connectivity index (χ4v) is 5.02. The number of amides is 1. The van der Waals surface area contributed by atoms with Crippen LogP contribution in [0.2, 0.25) is 0 Å². The Morgan fingerprint density at radius 3 is 2.80 bits per heavy atom. The van der Waals surface area contributed by atoms with Crippen LogP contribution in [0.3, 0.4) is 0 Å². The van der Waals surface area contributed by atoms with Gasteiger partial charge in [-0.15, -0.1) is 23.1 Å². The Morgan fingerprint density at radius 1 is 1.40 bits per heavy atom. The van der Waals surface area contributed by atoms with E-state index in [1.54, 1.807) is 17.8 Å². The summed E-state index contributed by atoms with van der Waals surface area (Å²) in [5, 5.41) is 8.05. The Labute approximate surface area is 127 Å². The molecule has 1 amide bonds. The summed E-state index contributed by atoms with van der Waals surface area (Å²) in [5.74, 6) is 1.15. The monoisotopic (exact) mass is 334 g/mol. The molecule has 0 aromatic carbocycles. The minimum atomic E-state index is -3.61. The molecule has 8 heteroatoms. The molecule has 0 aliphatic carbocycles. The number of nitrogens with one attached hydrogen (secondary N) is 1. The number of sulfonamides is 1. The summed E-state index contributed by atoms with van der Waals surface area (Å²) in [6.07, 6.45) is 3.89. The van der Waals surface area contributed by atoms with Crippen molar-refractivity contribution in [3.05, 3.63) is 17.0 Å². The molecule has 20 heavy (non-hydrogen) atoms. The number of thioether (sulfide) groups is 1. The number of hydrogen-bond donors (Lipinski definition) is 2. The Balaban J connectivity index is 1.78. The maximum atomic E-state index is 11.9. The molecule has 3 N–H and O–H groups in total. The second-order valence-electron chi connectivity index (χ2n) is 4.66. The van der Waals surface area contributed by atoms with Crippen LogP contribution in [0.4, 0.5) is 0 Å². The highest BCUT2D eigenvalue weighted by Gasteiger charge is 2.21. The standard InChI is InChI=1S/C12H18N2O3S3/c13-20(16,17)11-5-4-9(19-11)6-7-14-12(15)10-3-1-2-8-18-10/h4-5,10H,1-3,6-8H2,(H,14,15)(H2,13,16,17). The molecule has 1 aliphatic rings. The maximum Gasteiger partial charge on any atom is 0.247 e. The van der Waals surface area contributed by atoms with E-state index >= 15 is 0 Å². The van der Waals surface area contributed by atoms with Gasteiger partial charge in [-0.25, -0.2) is 13.6 Å². The molecule has 1 fully saturated rings. The molecule has 0 radical (unpaired) electrons. The Morgan fingerprint density at radius 2 is 2.20 bits per heavy atom. The molecule has 2 heterocycles. The minimum Gasteiger partial charge on any atom is -0.355 e. The third-order valence-electron chi connectivity index (χ3n) is 3.06. The number of hydrogen-bond acceptors (Lipinski definition) is 5. The van der Waals surface area contributed by atoms with E-state index in [1.165, 1.54) is 12.5 Å². The van der Waals surface area contributed by atoms with Crippen molar-refractivity contribution in [2.45, 2.75) is 35.1 Å². The first-order valence-corrected chi connectivity index (χ1v) is 9.89. The maximum absolute atomic E-state index is 11.9. The van der Waals surface area contributed by atoms with Crippen LogP contribution in [-0.2, 0) is 21.2 Å². The van der Waals surface area contributed by atoms with Crippen molar-refractivity contribution in [1.82, 2.24) is 5.32 Å². The summed E-state index contributed by atoms with van der Waals surface area (Å²) in [6.45, 7) is 0.528. The molecular weight excluding hydrogens is 316 g/mol. The quantitative estimate of drug-likeness (QED) is 0.850. The largest absolute Gasteiger partial charge is 0.355 e. The van der Waals surface area contributed by atoms with Crippen LogP contribution >= 0.6 is 23.1 Å². The Bertz CT molecular complexity index is 562. The normalized spacial score (nSPS) is 19.8. The Kier molecular flexibility index (Phi) is 5.48. The lowest BCUT2D eigenvalue weighted by Gasteiger charge is -2.20. The van der Waals surface area contributed by atoms with Crippen molar-refractivity contribution in [3.8, 4) is 0 Å². The van der Waals surface area contributed by atoms with Gasteiger partial charge in [-0.2, -0.15) is 0 Å². The lowest BCUT2D eigenvalue weighted by molar-refractivity contribution is -0.120. The topological polar surface area (TPSA) is 89.3 Å². The van der Waals surface area contributed by atoms with Crippen molar-refractivity contribution in [2.24, 2.45) is 5.14 Å². The van der Waals surface area contributed by atoms with E-state index in [0.29, 0.717) is 13.0 Å². The van der Waals surface area contributed by atoms with E-state index in [-0.39, 0.29) is 15.4 Å². The second kappa shape index (κ2) is 6.93. The van der Waals surface area contributed by atoms with E-state index in [4.69, 9.17) is 5.14 Å². The fraction of sp³-hybridized carbons (Fsp3) is 0.583. The summed E-state index contributed by atoms with van der Waals surface area (Å²) in [4.78, 5) is 12.8. The first-order valence-electron chi connectivity index (χ1n) is 6.47. The van der Waals surface area contributed by atoms with Crippen LogP contribution in [0.15, 0.2) is 16.3 Å². The third-order valence-corrected chi connectivity index (χ3v) is 7.02. The van der Waals surface area contributed by atoms with Gasteiger partial charge in [0.2, 0.25) is 15.9 Å². The van der Waals surface area contributed by atoms with Gasteiger partial charge >= 0.3 is 0 Å². The Hall–Kier alpha value is -0.570. The number of carbonyl (C=O) groups excluding carboxylic acids is 1. The summed E-state index contributed by atoms with van der Waals surface area (Å²) in [6, 6.07) is 3.25. The number of nitrogens with two attached hydrogens (primary N) is 1. The van der Waals surface area contributed by atoms with Crippen molar-refractivity contribution in [1.29, 1.82) is 0 Å². The zero-order valence-electron chi connectivity index (χ0n) is 11.0. The van der Waals surface area contributed by atoms with E-state index in [0.717, 1.165) is 34.8 Å². The first kappa shape index (κ1) is 15.8. The molecule has 1 atom stereocenters. The van der Waals surface area contributed by atoms with E-state index in [2.05, 4.69) is 5.32 Å². The molecular formula is C12H18N2O3S3. The predicted molar refractivity (Wildman–Crippen MR) is 82.5 cm³/mol. The smallest absolute Gasteiger partial charge is 0.247 e. The van der Waals surface area contributed by atoms with Gasteiger partial charge in [0.25, 0.3) is 0 Å². The van der Waals surface area contributed by atoms with Crippen LogP contribution < -0.4 is 10.5 Å². The zero-order valence-corrected chi connectivity index (χ0v) is 13.5. The average molecular weight is 334 g/mol. The molecule has 0 spiro atoms. The second-order valence-corrected chi connectivity index (χ2v) is 8.93. The average Bonchev–Trinajstić information content (AvgIpc) is 2.88. The molecule has 1 saturated heterocycles. The molecule has 0 bridgehead atoms. The van der Waals surface area contributed by atoms with E-state index < -0.39 is 10.0 Å². The number of rotatable bonds is 5. The molecule has 112 valence electrons. The molecule has 1 aromatic heterocycles. The lowest BCUT2D eigenvalue weighted by Crippen LogP contribution is -2.35. The highest BCUT2D eigenvalue weighted by atomic mass is 32.2. The highest BCUT2D eigenvalue weighted by molar-refractivity contribution is 8.00. The van der Waals surface area contributed by atoms with Gasteiger partial charge in [0.15, 0.2) is 0 Å². The van der Waals surface area contributed by atoms with Gasteiger partial charge < -0.3 is 5.32 Å². The van der Waals surface area contributed by atoms with Crippen molar-refractivity contribution in [3.63, 3.8) is 0 Å². The van der Waals surface area contributed by atoms with Gasteiger partial charge in [-0.1, -0.05) is 6.42 Å². The fourth-order valence-electron chi connectivity index (χ4n) is 2.02. The first-order chi connectivity index (χ1) is 9.47. The van der Waals surface area contributed by atoms with Crippen LogP contribution in [0.5, 0.6) is 0 Å². The zero-order chi connectivity index (χ0) is 14.6. The summed E-state index contributed by atoms with van der Waals surface area (Å²) in [7, 11) is -3.61. The molecule has 5 nitrogen and oxygen atoms in total. The third kappa shape index (κ3) is 4.47. The summed E-state index contributed by atoms with van der Waals surface area (Å²) < 4.78 is 22.5. The number of primary sulfonamides is 1. The van der Waals surface area contributed by atoms with Gasteiger partial charge in [-0.3, -0.25) is 4.79 Å². The number of carbonyl (C=O) groups is 1. The van der Waals surface area contributed by atoms with Crippen molar-refractivity contribution in [2.75, 3.05) is 12.3 Å². The highest BCUT2D eigenvalue weighted by Crippen LogP contribution is 2.25. The van der Waals surface area contributed by atoms with Crippen LogP contribution in [0, 0.1) is 0 Å². The predicted octanol–water partition coefficient (Wildman–Crippen LogP) is 1.34. The number of thiophene rings is 1. The van der Waals surface area contributed by atoms with Crippen LogP contribution in [0.25, 0.3) is 0 Å². The van der Waals surface area contributed by atoms with Crippen LogP contribution in [-0.4, -0.2) is 31.9 Å². The summed E-state index contributed by atoms with van der Waals surface area (Å²) in [5.41, 5.74) is 0. The molecule has 1 aromatic rings. The lowest BCUT2D eigenvalue weighted by atomic mass is 10.2. The van der Waals surface area contributed by atoms with Gasteiger partial charge in [0, 0.05) is 11.4 Å².